The third-order valence-electron chi connectivity index (χ3n) is 3.23. The van der Waals surface area contributed by atoms with Gasteiger partial charge >= 0.3 is 0 Å². The molecule has 1 amide bonds. The number of pyridine rings is 1. The Morgan fingerprint density at radius 3 is 2.88 bits per heavy atom. The van der Waals surface area contributed by atoms with Crippen LogP contribution in [0.15, 0.2) is 18.3 Å². The summed E-state index contributed by atoms with van der Waals surface area (Å²) in [7, 11) is 0. The number of hydrogen-bond acceptors (Lipinski definition) is 4. The van der Waals surface area contributed by atoms with Crippen LogP contribution in [0.5, 0.6) is 0 Å². The van der Waals surface area contributed by atoms with Crippen molar-refractivity contribution in [2.45, 2.75) is 19.8 Å². The van der Waals surface area contributed by atoms with E-state index in [0.717, 1.165) is 31.8 Å². The van der Waals surface area contributed by atoms with E-state index in [4.69, 9.17) is 5.84 Å². The smallest absolute Gasteiger partial charge is 0.254 e. The van der Waals surface area contributed by atoms with Crippen LogP contribution < -0.4 is 11.3 Å². The molecule has 17 heavy (non-hydrogen) atoms. The van der Waals surface area contributed by atoms with Gasteiger partial charge in [-0.2, -0.15) is 0 Å². The van der Waals surface area contributed by atoms with E-state index >= 15 is 0 Å². The minimum Gasteiger partial charge on any atom is -0.339 e. The molecule has 1 fully saturated rings. The van der Waals surface area contributed by atoms with Crippen LogP contribution in [-0.4, -0.2) is 28.9 Å². The number of piperidine rings is 1. The molecule has 2 heterocycles. The van der Waals surface area contributed by atoms with Crippen LogP contribution in [-0.2, 0) is 0 Å². The molecule has 0 unspecified atom stereocenters. The second kappa shape index (κ2) is 5.14. The van der Waals surface area contributed by atoms with E-state index in [1.807, 2.05) is 4.90 Å². The zero-order valence-electron chi connectivity index (χ0n) is 10.0. The SMILES string of the molecule is CC1CCN(C(=O)c2ccnc(NN)c2)CC1. The number of carbonyl (C=O) groups is 1. The van der Waals surface area contributed by atoms with E-state index in [2.05, 4.69) is 17.3 Å². The van der Waals surface area contributed by atoms with Crippen molar-refractivity contribution in [3.05, 3.63) is 23.9 Å². The lowest BCUT2D eigenvalue weighted by Gasteiger charge is -2.30. The normalized spacial score (nSPS) is 16.9. The fraction of sp³-hybridized carbons (Fsp3) is 0.500. The summed E-state index contributed by atoms with van der Waals surface area (Å²) in [4.78, 5) is 18.1. The van der Waals surface area contributed by atoms with Crippen LogP contribution in [0.2, 0.25) is 0 Å². The Hall–Kier alpha value is -1.62. The van der Waals surface area contributed by atoms with E-state index in [1.165, 1.54) is 0 Å². The highest BCUT2D eigenvalue weighted by molar-refractivity contribution is 5.94. The van der Waals surface area contributed by atoms with E-state index in [-0.39, 0.29) is 5.91 Å². The van der Waals surface area contributed by atoms with Crippen molar-refractivity contribution in [1.82, 2.24) is 9.88 Å². The molecule has 3 N–H and O–H groups in total. The number of anilines is 1. The average molecular weight is 234 g/mol. The van der Waals surface area contributed by atoms with E-state index in [0.29, 0.717) is 11.4 Å². The molecule has 0 radical (unpaired) electrons. The number of likely N-dealkylation sites (tertiary alicyclic amines) is 1. The van der Waals surface area contributed by atoms with Crippen molar-refractivity contribution < 1.29 is 4.79 Å². The first-order valence-electron chi connectivity index (χ1n) is 5.92. The number of nitrogens with one attached hydrogen (secondary N) is 1. The quantitative estimate of drug-likeness (QED) is 0.596. The van der Waals surface area contributed by atoms with E-state index in [1.54, 1.807) is 18.3 Å². The van der Waals surface area contributed by atoms with Gasteiger partial charge in [0.25, 0.3) is 5.91 Å². The number of rotatable bonds is 2. The Morgan fingerprint density at radius 2 is 2.24 bits per heavy atom. The molecule has 1 aliphatic rings. The van der Waals surface area contributed by atoms with Crippen LogP contribution >= 0.6 is 0 Å². The Kier molecular flexibility index (Phi) is 3.58. The summed E-state index contributed by atoms with van der Waals surface area (Å²) in [6, 6.07) is 3.40. The summed E-state index contributed by atoms with van der Waals surface area (Å²) in [5, 5.41) is 0. The minimum atomic E-state index is 0.0656. The van der Waals surface area contributed by atoms with Crippen LogP contribution in [0.1, 0.15) is 30.1 Å². The number of aromatic nitrogens is 1. The highest BCUT2D eigenvalue weighted by Gasteiger charge is 2.21. The topological polar surface area (TPSA) is 71.2 Å². The predicted octanol–water partition coefficient (Wildman–Crippen LogP) is 1.24. The second-order valence-electron chi connectivity index (χ2n) is 4.55. The molecule has 1 saturated heterocycles. The molecule has 5 nitrogen and oxygen atoms in total. The lowest BCUT2D eigenvalue weighted by atomic mass is 9.99. The van der Waals surface area contributed by atoms with Crippen LogP contribution in [0.4, 0.5) is 5.82 Å². The van der Waals surface area contributed by atoms with Gasteiger partial charge in [-0.15, -0.1) is 0 Å². The molecule has 0 saturated carbocycles. The van der Waals surface area contributed by atoms with Crippen LogP contribution in [0, 0.1) is 5.92 Å². The second-order valence-corrected chi connectivity index (χ2v) is 4.55. The number of nitrogen functional groups attached to an aromatic ring is 1. The third-order valence-corrected chi connectivity index (χ3v) is 3.23. The lowest BCUT2D eigenvalue weighted by Crippen LogP contribution is -2.37. The number of nitrogens with zero attached hydrogens (tertiary/aromatic N) is 2. The first-order valence-corrected chi connectivity index (χ1v) is 5.92. The maximum atomic E-state index is 12.2. The first kappa shape index (κ1) is 11.9. The van der Waals surface area contributed by atoms with Crippen molar-refractivity contribution in [3.8, 4) is 0 Å². The van der Waals surface area contributed by atoms with Gasteiger partial charge < -0.3 is 10.3 Å². The molecule has 0 aromatic carbocycles. The maximum Gasteiger partial charge on any atom is 0.254 e. The summed E-state index contributed by atoms with van der Waals surface area (Å²) in [6.07, 6.45) is 3.76. The van der Waals surface area contributed by atoms with Gasteiger partial charge in [-0.1, -0.05) is 6.92 Å². The molecule has 0 bridgehead atoms. The molecule has 0 atom stereocenters. The summed E-state index contributed by atoms with van der Waals surface area (Å²) in [6.45, 7) is 3.91. The van der Waals surface area contributed by atoms with Gasteiger partial charge in [0.15, 0.2) is 0 Å². The van der Waals surface area contributed by atoms with Crippen molar-refractivity contribution in [3.63, 3.8) is 0 Å². The predicted molar refractivity (Wildman–Crippen MR) is 66.3 cm³/mol. The van der Waals surface area contributed by atoms with Gasteiger partial charge in [-0.3, -0.25) is 4.79 Å². The van der Waals surface area contributed by atoms with Gasteiger partial charge in [0.1, 0.15) is 5.82 Å². The largest absolute Gasteiger partial charge is 0.339 e. The summed E-state index contributed by atoms with van der Waals surface area (Å²) < 4.78 is 0. The van der Waals surface area contributed by atoms with Gasteiger partial charge in [0.2, 0.25) is 0 Å². The molecule has 1 aromatic heterocycles. The summed E-state index contributed by atoms with van der Waals surface area (Å²) in [5.74, 6) is 6.58. The van der Waals surface area contributed by atoms with Gasteiger partial charge in [-0.25, -0.2) is 10.8 Å². The fourth-order valence-electron chi connectivity index (χ4n) is 2.04. The molecule has 5 heteroatoms. The zero-order chi connectivity index (χ0) is 12.3. The van der Waals surface area contributed by atoms with Crippen LogP contribution in [0.25, 0.3) is 0 Å². The molecule has 92 valence electrons. The highest BCUT2D eigenvalue weighted by Crippen LogP contribution is 2.18. The third kappa shape index (κ3) is 2.74. The number of hydrazine groups is 1. The standard InChI is InChI=1S/C12H18N4O/c1-9-3-6-16(7-4-9)12(17)10-2-5-14-11(8-10)15-13/h2,5,8-9H,3-4,6-7,13H2,1H3,(H,14,15). The Bertz CT molecular complexity index is 399. The number of hydrogen-bond donors (Lipinski definition) is 2. The minimum absolute atomic E-state index is 0.0656. The average Bonchev–Trinajstić information content (AvgIpc) is 2.39. The van der Waals surface area contributed by atoms with E-state index in [9.17, 15) is 4.79 Å². The van der Waals surface area contributed by atoms with E-state index < -0.39 is 0 Å². The molecule has 2 rings (SSSR count). The number of nitrogens with two attached hydrogens (primary N) is 1. The van der Waals surface area contributed by atoms with Gasteiger partial charge in [0.05, 0.1) is 0 Å². The Balaban J connectivity index is 2.08. The summed E-state index contributed by atoms with van der Waals surface area (Å²) >= 11 is 0. The van der Waals surface area contributed by atoms with Crippen molar-refractivity contribution in [2.24, 2.45) is 11.8 Å². The highest BCUT2D eigenvalue weighted by atomic mass is 16.2. The van der Waals surface area contributed by atoms with Gasteiger partial charge in [0, 0.05) is 24.8 Å². The fourth-order valence-corrected chi connectivity index (χ4v) is 2.04. The zero-order valence-corrected chi connectivity index (χ0v) is 10.0. The van der Waals surface area contributed by atoms with Crippen LogP contribution in [0.3, 0.4) is 0 Å². The first-order chi connectivity index (χ1) is 8.20. The number of amides is 1. The molecular formula is C12H18N4O. The van der Waals surface area contributed by atoms with Crippen molar-refractivity contribution >= 4 is 11.7 Å². The van der Waals surface area contributed by atoms with Crippen molar-refractivity contribution in [2.75, 3.05) is 18.5 Å². The Morgan fingerprint density at radius 1 is 1.53 bits per heavy atom. The molecule has 1 aliphatic heterocycles. The molecule has 0 spiro atoms. The monoisotopic (exact) mass is 234 g/mol. The molecular weight excluding hydrogens is 216 g/mol. The molecule has 1 aromatic rings. The number of carbonyl (C=O) groups excluding carboxylic acids is 1. The lowest BCUT2D eigenvalue weighted by molar-refractivity contribution is 0.0697. The maximum absolute atomic E-state index is 12.2. The van der Waals surface area contributed by atoms with Crippen molar-refractivity contribution in [1.29, 1.82) is 0 Å². The Labute approximate surface area is 101 Å². The van der Waals surface area contributed by atoms with Gasteiger partial charge in [-0.05, 0) is 30.9 Å². The summed E-state index contributed by atoms with van der Waals surface area (Å²) in [5.41, 5.74) is 3.09. The molecule has 0 aliphatic carbocycles.